The van der Waals surface area contributed by atoms with E-state index in [4.69, 9.17) is 4.74 Å². The van der Waals surface area contributed by atoms with Gasteiger partial charge in [0.25, 0.3) is 0 Å². The number of thioether (sulfide) groups is 1. The fourth-order valence-electron chi connectivity index (χ4n) is 3.62. The number of hydrogen-bond donors (Lipinski definition) is 4. The number of ether oxygens (including phenoxy) is 1. The van der Waals surface area contributed by atoms with Crippen LogP contribution in [0.2, 0.25) is 0 Å². The number of benzene rings is 1. The van der Waals surface area contributed by atoms with E-state index in [9.17, 15) is 9.59 Å². The van der Waals surface area contributed by atoms with Gasteiger partial charge in [0, 0.05) is 11.7 Å². The lowest BCUT2D eigenvalue weighted by atomic mass is 9.81. The predicted octanol–water partition coefficient (Wildman–Crippen LogP) is 1.33. The van der Waals surface area contributed by atoms with Crippen LogP contribution >= 0.6 is 11.8 Å². The van der Waals surface area contributed by atoms with Gasteiger partial charge in [0.1, 0.15) is 11.2 Å². The summed E-state index contributed by atoms with van der Waals surface area (Å²) in [7, 11) is 1.60. The minimum Gasteiger partial charge on any atom is -0.497 e. The molecule has 26 heavy (non-hydrogen) atoms. The normalized spacial score (nSPS) is 30.9. The number of methoxy groups -OCH3 is 1. The molecule has 2 amide bonds. The largest absolute Gasteiger partial charge is 0.497 e. The highest BCUT2D eigenvalue weighted by atomic mass is 32.2. The molecule has 0 aliphatic carbocycles. The number of rotatable bonds is 5. The number of fused-ring (bicyclic) bond motifs is 1. The van der Waals surface area contributed by atoms with Crippen LogP contribution in [0.5, 0.6) is 5.75 Å². The van der Waals surface area contributed by atoms with Gasteiger partial charge in [-0.05, 0) is 43.5 Å². The highest BCUT2D eigenvalue weighted by Crippen LogP contribution is 2.29. The van der Waals surface area contributed by atoms with Gasteiger partial charge in [-0.2, -0.15) is 0 Å². The second kappa shape index (κ2) is 8.28. The molecule has 2 heterocycles. The third-order valence-electron chi connectivity index (χ3n) is 4.82. The van der Waals surface area contributed by atoms with Crippen molar-refractivity contribution < 1.29 is 14.3 Å². The zero-order valence-electron chi connectivity index (χ0n) is 15.2. The number of anilines is 1. The van der Waals surface area contributed by atoms with Crippen LogP contribution in [0.15, 0.2) is 24.3 Å². The molecule has 2 aliphatic heterocycles. The van der Waals surface area contributed by atoms with E-state index in [1.54, 1.807) is 31.4 Å². The molecule has 5 unspecified atom stereocenters. The molecular weight excluding hydrogens is 352 g/mol. The summed E-state index contributed by atoms with van der Waals surface area (Å²) in [4.78, 5) is 24.6. The van der Waals surface area contributed by atoms with Gasteiger partial charge in [0.05, 0.1) is 24.9 Å². The van der Waals surface area contributed by atoms with Crippen molar-refractivity contribution in [2.24, 2.45) is 11.8 Å². The smallest absolute Gasteiger partial charge is 0.234 e. The van der Waals surface area contributed by atoms with E-state index in [0.717, 1.165) is 12.2 Å². The summed E-state index contributed by atoms with van der Waals surface area (Å²) in [6, 6.07) is 7.54. The number of hydrogen-bond acceptors (Lipinski definition) is 6. The maximum atomic E-state index is 12.4. The third-order valence-corrected chi connectivity index (χ3v) is 5.84. The van der Waals surface area contributed by atoms with Crippen LogP contribution in [-0.2, 0) is 9.59 Å². The Hall–Kier alpha value is -1.77. The van der Waals surface area contributed by atoms with Crippen molar-refractivity contribution in [3.63, 3.8) is 0 Å². The van der Waals surface area contributed by atoms with E-state index in [0.29, 0.717) is 17.6 Å². The second-order valence-electron chi connectivity index (χ2n) is 6.93. The number of carbonyl (C=O) groups is 2. The van der Waals surface area contributed by atoms with Gasteiger partial charge in [-0.1, -0.05) is 6.92 Å². The average Bonchev–Trinajstić information content (AvgIpc) is 2.59. The molecule has 7 nitrogen and oxygen atoms in total. The Morgan fingerprint density at radius 1 is 1.27 bits per heavy atom. The van der Waals surface area contributed by atoms with Gasteiger partial charge in [-0.3, -0.25) is 20.2 Å². The summed E-state index contributed by atoms with van der Waals surface area (Å²) in [5, 5.41) is 12.7. The van der Waals surface area contributed by atoms with Crippen molar-refractivity contribution in [2.75, 3.05) is 18.2 Å². The molecule has 2 fully saturated rings. The quantitative estimate of drug-likeness (QED) is 0.618. The van der Waals surface area contributed by atoms with Crippen molar-refractivity contribution in [3.8, 4) is 5.75 Å². The number of nitrogens with one attached hydrogen (secondary N) is 4. The summed E-state index contributed by atoms with van der Waals surface area (Å²) in [5.41, 5.74) is 0.434. The Bertz CT molecular complexity index is 654. The van der Waals surface area contributed by atoms with Gasteiger partial charge in [0.15, 0.2) is 0 Å². The predicted molar refractivity (Wildman–Crippen MR) is 103 cm³/mol. The second-order valence-corrected chi connectivity index (χ2v) is 8.02. The Kier molecular flexibility index (Phi) is 6.05. The highest BCUT2D eigenvalue weighted by Gasteiger charge is 2.43. The molecule has 0 aromatic heterocycles. The van der Waals surface area contributed by atoms with Crippen LogP contribution in [0.1, 0.15) is 20.3 Å². The van der Waals surface area contributed by atoms with Gasteiger partial charge in [-0.25, -0.2) is 0 Å². The SMILES string of the molecule is COc1ccc(NC(=O)CSC2NC(=O)C3C(C)CC(C)NC3N2)cc1. The molecule has 0 saturated carbocycles. The molecule has 0 bridgehead atoms. The molecular formula is C18H26N4O3S. The molecule has 1 aromatic carbocycles. The lowest BCUT2D eigenvalue weighted by Gasteiger charge is -2.45. The number of carbonyl (C=O) groups excluding carboxylic acids is 2. The molecule has 2 saturated heterocycles. The van der Waals surface area contributed by atoms with Gasteiger partial charge in [0.2, 0.25) is 11.8 Å². The maximum Gasteiger partial charge on any atom is 0.234 e. The van der Waals surface area contributed by atoms with Gasteiger partial charge in [-0.15, -0.1) is 11.8 Å². The van der Waals surface area contributed by atoms with Crippen LogP contribution in [0.3, 0.4) is 0 Å². The van der Waals surface area contributed by atoms with Crippen molar-refractivity contribution in [3.05, 3.63) is 24.3 Å². The van der Waals surface area contributed by atoms with E-state index in [1.165, 1.54) is 11.8 Å². The molecule has 8 heteroatoms. The molecule has 5 atom stereocenters. The summed E-state index contributed by atoms with van der Waals surface area (Å²) >= 11 is 1.37. The molecule has 4 N–H and O–H groups in total. The van der Waals surface area contributed by atoms with E-state index < -0.39 is 0 Å². The molecule has 2 aliphatic rings. The topological polar surface area (TPSA) is 91.5 Å². The zero-order chi connectivity index (χ0) is 18.7. The summed E-state index contributed by atoms with van der Waals surface area (Å²) in [6.45, 7) is 4.25. The lowest BCUT2D eigenvalue weighted by molar-refractivity contribution is -0.132. The van der Waals surface area contributed by atoms with Crippen molar-refractivity contribution >= 4 is 29.3 Å². The summed E-state index contributed by atoms with van der Waals surface area (Å²) in [6.07, 6.45) is 0.933. The van der Waals surface area contributed by atoms with Crippen molar-refractivity contribution in [1.29, 1.82) is 0 Å². The fourth-order valence-corrected chi connectivity index (χ4v) is 4.46. The standard InChI is InChI=1S/C18H26N4O3S/c1-10-8-11(2)19-16-15(10)17(24)22-18(21-16)26-9-14(23)20-12-4-6-13(25-3)7-5-12/h4-7,10-11,15-16,18-19,21H,8-9H2,1-3H3,(H,20,23)(H,22,24). The first-order valence-corrected chi connectivity index (χ1v) is 9.89. The zero-order valence-corrected chi connectivity index (χ0v) is 16.1. The molecule has 142 valence electrons. The van der Waals surface area contributed by atoms with Crippen LogP contribution in [0, 0.1) is 11.8 Å². The minimum atomic E-state index is -0.282. The Morgan fingerprint density at radius 2 is 2.00 bits per heavy atom. The molecule has 0 spiro atoms. The van der Waals surface area contributed by atoms with Crippen molar-refractivity contribution in [2.45, 2.75) is 38.0 Å². The van der Waals surface area contributed by atoms with Gasteiger partial charge < -0.3 is 15.4 Å². The fraction of sp³-hybridized carbons (Fsp3) is 0.556. The van der Waals surface area contributed by atoms with E-state index in [1.807, 2.05) is 0 Å². The van der Waals surface area contributed by atoms with E-state index in [-0.39, 0.29) is 35.1 Å². The first-order valence-electron chi connectivity index (χ1n) is 8.84. The Morgan fingerprint density at radius 3 is 2.69 bits per heavy atom. The lowest BCUT2D eigenvalue weighted by Crippen LogP contribution is -2.69. The average molecular weight is 378 g/mol. The number of piperidine rings is 1. The number of amides is 2. The first kappa shape index (κ1) is 19.0. The van der Waals surface area contributed by atoms with Crippen LogP contribution < -0.4 is 26.0 Å². The Labute approximate surface area is 158 Å². The van der Waals surface area contributed by atoms with Crippen LogP contribution in [-0.4, -0.2) is 42.4 Å². The van der Waals surface area contributed by atoms with Crippen LogP contribution in [0.4, 0.5) is 5.69 Å². The molecule has 0 radical (unpaired) electrons. The highest BCUT2D eigenvalue weighted by molar-refractivity contribution is 8.00. The first-order chi connectivity index (χ1) is 12.5. The van der Waals surface area contributed by atoms with Gasteiger partial charge >= 0.3 is 0 Å². The maximum absolute atomic E-state index is 12.4. The molecule has 3 rings (SSSR count). The minimum absolute atomic E-state index is 0.0497. The van der Waals surface area contributed by atoms with E-state index in [2.05, 4.69) is 35.1 Å². The monoisotopic (exact) mass is 378 g/mol. The Balaban J connectivity index is 1.49. The van der Waals surface area contributed by atoms with E-state index >= 15 is 0 Å². The summed E-state index contributed by atoms with van der Waals surface area (Å²) in [5.74, 6) is 1.17. The van der Waals surface area contributed by atoms with Crippen molar-refractivity contribution in [1.82, 2.24) is 16.0 Å². The third kappa shape index (κ3) is 4.49. The van der Waals surface area contributed by atoms with Crippen LogP contribution in [0.25, 0.3) is 0 Å². The molecule has 1 aromatic rings. The summed E-state index contributed by atoms with van der Waals surface area (Å²) < 4.78 is 5.10.